The molecular weight excluding hydrogens is 438 g/mol. The van der Waals surface area contributed by atoms with Crippen LogP contribution in [0.5, 0.6) is 0 Å². The fourth-order valence-corrected chi connectivity index (χ4v) is 3.58. The normalized spacial score (nSPS) is 12.5. The van der Waals surface area contributed by atoms with Crippen LogP contribution in [0.15, 0.2) is 48.8 Å². The van der Waals surface area contributed by atoms with Gasteiger partial charge in [0.15, 0.2) is 0 Å². The van der Waals surface area contributed by atoms with E-state index in [1.807, 2.05) is 6.07 Å². The minimum absolute atomic E-state index is 0.0153. The van der Waals surface area contributed by atoms with Crippen LogP contribution in [0.1, 0.15) is 35.5 Å². The molecule has 168 valence electrons. The Kier molecular flexibility index (Phi) is 5.59. The van der Waals surface area contributed by atoms with Crippen LogP contribution in [-0.2, 0) is 12.7 Å². The van der Waals surface area contributed by atoms with Crippen LogP contribution in [-0.4, -0.2) is 19.5 Å². The molecule has 0 radical (unpaired) electrons. The Labute approximate surface area is 185 Å². The van der Waals surface area contributed by atoms with Gasteiger partial charge in [-0.15, -0.1) is 0 Å². The first-order valence-electron chi connectivity index (χ1n) is 9.77. The van der Waals surface area contributed by atoms with Crippen LogP contribution in [0.2, 0.25) is 0 Å². The van der Waals surface area contributed by atoms with Crippen LogP contribution < -0.4 is 11.1 Å². The van der Waals surface area contributed by atoms with Crippen molar-refractivity contribution in [3.8, 4) is 6.07 Å². The van der Waals surface area contributed by atoms with Crippen molar-refractivity contribution in [3.05, 3.63) is 77.1 Å². The number of anilines is 2. The molecule has 7 nitrogen and oxygen atoms in total. The Morgan fingerprint density at radius 3 is 2.55 bits per heavy atom. The van der Waals surface area contributed by atoms with Crippen LogP contribution in [0.25, 0.3) is 11.0 Å². The summed E-state index contributed by atoms with van der Waals surface area (Å²) < 4.78 is 56.2. The molecule has 11 heteroatoms. The highest BCUT2D eigenvalue weighted by Crippen LogP contribution is 2.36. The SMILES string of the molecule is C[C@H](Nc1ncnc(N)c1C#N)c1nc2cccc(C(F)(F)F)c2n1Cc1ccc(F)cc1. The van der Waals surface area contributed by atoms with Gasteiger partial charge in [-0.2, -0.15) is 18.4 Å². The third-order valence-electron chi connectivity index (χ3n) is 5.08. The third kappa shape index (κ3) is 4.27. The van der Waals surface area contributed by atoms with Crippen LogP contribution in [0.3, 0.4) is 0 Å². The van der Waals surface area contributed by atoms with Crippen molar-refractivity contribution in [2.75, 3.05) is 11.1 Å². The number of para-hydroxylation sites is 1. The Bertz CT molecular complexity index is 1350. The van der Waals surface area contributed by atoms with Gasteiger partial charge in [0.1, 0.15) is 41.2 Å². The molecule has 2 heterocycles. The summed E-state index contributed by atoms with van der Waals surface area (Å²) in [6, 6.07) is 10.5. The number of alkyl halides is 3. The van der Waals surface area contributed by atoms with E-state index < -0.39 is 23.6 Å². The Morgan fingerprint density at radius 2 is 1.88 bits per heavy atom. The zero-order valence-electron chi connectivity index (χ0n) is 17.2. The van der Waals surface area contributed by atoms with E-state index in [0.717, 1.165) is 6.07 Å². The molecule has 0 bridgehead atoms. The molecule has 2 aromatic carbocycles. The highest BCUT2D eigenvalue weighted by Gasteiger charge is 2.35. The van der Waals surface area contributed by atoms with Gasteiger partial charge in [0.05, 0.1) is 22.6 Å². The number of hydrogen-bond donors (Lipinski definition) is 2. The molecule has 3 N–H and O–H groups in total. The van der Waals surface area contributed by atoms with Gasteiger partial charge in [-0.25, -0.2) is 19.3 Å². The standard InChI is InChI=1S/C22H17F4N7/c1-12(31-20-15(9-27)19(28)29-11-30-20)21-32-17-4-2-3-16(22(24,25)26)18(17)33(21)10-13-5-7-14(23)8-6-13/h2-8,11-12H,10H2,1H3,(H3,28,29,30,31)/t12-/m0/s1. The van der Waals surface area contributed by atoms with Crippen molar-refractivity contribution < 1.29 is 17.6 Å². The van der Waals surface area contributed by atoms with Crippen LogP contribution in [0, 0.1) is 17.1 Å². The molecule has 2 aromatic heterocycles. The van der Waals surface area contributed by atoms with Crippen molar-refractivity contribution in [3.63, 3.8) is 0 Å². The van der Waals surface area contributed by atoms with Crippen molar-refractivity contribution in [2.45, 2.75) is 25.7 Å². The Balaban J connectivity index is 1.86. The summed E-state index contributed by atoms with van der Waals surface area (Å²) in [7, 11) is 0. The van der Waals surface area contributed by atoms with Gasteiger partial charge < -0.3 is 15.6 Å². The summed E-state index contributed by atoms with van der Waals surface area (Å²) in [5, 5.41) is 12.4. The molecule has 4 aromatic rings. The molecule has 0 aliphatic heterocycles. The maximum atomic E-state index is 13.8. The zero-order chi connectivity index (χ0) is 23.8. The van der Waals surface area contributed by atoms with E-state index in [9.17, 15) is 22.8 Å². The first-order valence-corrected chi connectivity index (χ1v) is 9.77. The van der Waals surface area contributed by atoms with E-state index >= 15 is 0 Å². The molecule has 0 unspecified atom stereocenters. The largest absolute Gasteiger partial charge is 0.418 e. The minimum atomic E-state index is -4.61. The summed E-state index contributed by atoms with van der Waals surface area (Å²) in [4.78, 5) is 12.2. The quantitative estimate of drug-likeness (QED) is 0.424. The molecule has 0 aliphatic rings. The average Bonchev–Trinajstić information content (AvgIpc) is 3.13. The molecule has 0 fully saturated rings. The smallest absolute Gasteiger partial charge is 0.382 e. The number of rotatable bonds is 5. The van der Waals surface area contributed by atoms with Gasteiger partial charge in [-0.3, -0.25) is 0 Å². The van der Waals surface area contributed by atoms with Gasteiger partial charge >= 0.3 is 6.18 Å². The van der Waals surface area contributed by atoms with Gasteiger partial charge in [0, 0.05) is 6.54 Å². The first-order chi connectivity index (χ1) is 15.7. The summed E-state index contributed by atoms with van der Waals surface area (Å²) in [6.07, 6.45) is -3.43. The molecular formula is C22H17F4N7. The fraction of sp³-hybridized carbons (Fsp3) is 0.182. The lowest BCUT2D eigenvalue weighted by molar-refractivity contribution is -0.136. The first kappa shape index (κ1) is 22.0. The van der Waals surface area contributed by atoms with Crippen LogP contribution in [0.4, 0.5) is 29.2 Å². The third-order valence-corrected chi connectivity index (χ3v) is 5.08. The maximum Gasteiger partial charge on any atom is 0.418 e. The van der Waals surface area contributed by atoms with Crippen molar-refractivity contribution in [1.29, 1.82) is 5.26 Å². The van der Waals surface area contributed by atoms with E-state index in [4.69, 9.17) is 5.73 Å². The fourth-order valence-electron chi connectivity index (χ4n) is 3.58. The number of aromatic nitrogens is 4. The predicted octanol–water partition coefficient (Wildman–Crippen LogP) is 4.66. The monoisotopic (exact) mass is 455 g/mol. The number of halogens is 4. The van der Waals surface area contributed by atoms with E-state index in [1.165, 1.54) is 47.3 Å². The topological polar surface area (TPSA) is 105 Å². The molecule has 0 saturated heterocycles. The second kappa shape index (κ2) is 8.38. The van der Waals surface area contributed by atoms with E-state index in [-0.39, 0.29) is 40.6 Å². The second-order valence-corrected chi connectivity index (χ2v) is 7.31. The molecule has 0 aliphatic carbocycles. The lowest BCUT2D eigenvalue weighted by Crippen LogP contribution is -2.17. The summed E-state index contributed by atoms with van der Waals surface area (Å²) >= 11 is 0. The average molecular weight is 455 g/mol. The van der Waals surface area contributed by atoms with E-state index in [2.05, 4.69) is 20.3 Å². The number of nitrogens with zero attached hydrogens (tertiary/aromatic N) is 5. The highest BCUT2D eigenvalue weighted by atomic mass is 19.4. The molecule has 0 saturated carbocycles. The lowest BCUT2D eigenvalue weighted by atomic mass is 10.1. The predicted molar refractivity (Wildman–Crippen MR) is 113 cm³/mol. The van der Waals surface area contributed by atoms with Crippen LogP contribution >= 0.6 is 0 Å². The van der Waals surface area contributed by atoms with Gasteiger partial charge in [-0.1, -0.05) is 18.2 Å². The number of fused-ring (bicyclic) bond motifs is 1. The number of hydrogen-bond acceptors (Lipinski definition) is 6. The van der Waals surface area contributed by atoms with Crippen molar-refractivity contribution >= 4 is 22.7 Å². The lowest BCUT2D eigenvalue weighted by Gasteiger charge is -2.19. The number of nitrogen functional groups attached to an aromatic ring is 1. The van der Waals surface area contributed by atoms with E-state index in [0.29, 0.717) is 5.56 Å². The number of nitrogens with one attached hydrogen (secondary N) is 1. The van der Waals surface area contributed by atoms with Crippen molar-refractivity contribution in [2.24, 2.45) is 0 Å². The zero-order valence-corrected chi connectivity index (χ0v) is 17.2. The van der Waals surface area contributed by atoms with Gasteiger partial charge in [0.25, 0.3) is 0 Å². The molecule has 33 heavy (non-hydrogen) atoms. The van der Waals surface area contributed by atoms with Gasteiger partial charge in [0.2, 0.25) is 0 Å². The summed E-state index contributed by atoms with van der Waals surface area (Å²) in [5.74, 6) is -0.0757. The summed E-state index contributed by atoms with van der Waals surface area (Å²) in [6.45, 7) is 1.69. The highest BCUT2D eigenvalue weighted by molar-refractivity contribution is 5.81. The van der Waals surface area contributed by atoms with E-state index in [1.54, 1.807) is 6.92 Å². The van der Waals surface area contributed by atoms with Gasteiger partial charge in [-0.05, 0) is 36.8 Å². The maximum absolute atomic E-state index is 13.8. The number of benzene rings is 2. The Morgan fingerprint density at radius 1 is 1.15 bits per heavy atom. The van der Waals surface area contributed by atoms with Crippen molar-refractivity contribution in [1.82, 2.24) is 19.5 Å². The minimum Gasteiger partial charge on any atom is -0.382 e. The molecule has 0 amide bonds. The number of imidazole rings is 1. The number of nitrogens with two attached hydrogens (primary N) is 1. The number of nitriles is 1. The molecule has 1 atom stereocenters. The summed E-state index contributed by atoms with van der Waals surface area (Å²) in [5.41, 5.74) is 5.55. The molecule has 0 spiro atoms. The Hall–Kier alpha value is -4.20. The second-order valence-electron chi connectivity index (χ2n) is 7.31. The molecule has 4 rings (SSSR count).